The number of nitrogens with two attached hydrogens (primary N) is 1. The standard InChI is InChI=1S/C7H7NO3.C7H7NO2.C7H9NO.3C4H8O.CH3O.2CH4/c1-11-7-4-2-6(3-5-7)8(9)10;1-6-2-4-7(5-3-6)8(9)10;1-9-7-4-2-6(8)3-5-7;3*1-3-4(2)5;1-2;;/h2-5H,1H3;2-5H,1H3;2-5H,8H2,1H3;3*3H2,1-2H3;1H3;2*1H4/q;;;;;;-1;;. The van der Waals surface area contributed by atoms with Gasteiger partial charge in [-0.2, -0.15) is 7.11 Å². The monoisotopic (exact) mass is 692 g/mol. The molecule has 0 aliphatic rings. The molecule has 3 rings (SSSR count). The Bertz CT molecular complexity index is 1230. The van der Waals surface area contributed by atoms with Gasteiger partial charge in [-0.3, -0.25) is 20.2 Å². The van der Waals surface area contributed by atoms with Gasteiger partial charge in [0.2, 0.25) is 0 Å². The predicted octanol–water partition coefficient (Wildman–Crippen LogP) is 7.99. The number of carbonyl (C=O) groups is 3. The van der Waals surface area contributed by atoms with Gasteiger partial charge in [-0.1, -0.05) is 53.3 Å². The highest BCUT2D eigenvalue weighted by Crippen LogP contribution is 2.16. The number of rotatable bonds is 7. The summed E-state index contributed by atoms with van der Waals surface area (Å²) in [5, 5.41) is 28.5. The van der Waals surface area contributed by atoms with Crippen LogP contribution in [0, 0.1) is 27.2 Å². The van der Waals surface area contributed by atoms with E-state index in [-0.39, 0.29) is 43.6 Å². The molecule has 3 aromatic rings. The van der Waals surface area contributed by atoms with Crippen molar-refractivity contribution in [2.75, 3.05) is 27.1 Å². The molecule has 13 nitrogen and oxygen atoms in total. The number of aryl methyl sites for hydroxylation is 1. The molecule has 0 fully saturated rings. The molecule has 2 N–H and O–H groups in total. The van der Waals surface area contributed by atoms with Gasteiger partial charge in [0.25, 0.3) is 11.4 Å². The minimum absolute atomic E-state index is 0. The lowest BCUT2D eigenvalue weighted by Gasteiger charge is -1.97. The van der Waals surface area contributed by atoms with Crippen LogP contribution < -0.4 is 20.3 Å². The number of ketones is 3. The van der Waals surface area contributed by atoms with E-state index in [9.17, 15) is 34.6 Å². The lowest BCUT2D eigenvalue weighted by molar-refractivity contribution is -0.385. The maximum atomic E-state index is 10.2. The first-order chi connectivity index (χ1) is 22.1. The molecule has 0 spiro atoms. The van der Waals surface area contributed by atoms with Crippen LogP contribution in [0.25, 0.3) is 0 Å². The quantitative estimate of drug-likeness (QED) is 0.143. The molecular formula is C36H58N3O10-. The summed E-state index contributed by atoms with van der Waals surface area (Å²) < 4.78 is 9.74. The third-order valence-corrected chi connectivity index (χ3v) is 5.14. The second kappa shape index (κ2) is 37.3. The van der Waals surface area contributed by atoms with Crippen molar-refractivity contribution in [3.05, 3.63) is 98.6 Å². The summed E-state index contributed by atoms with van der Waals surface area (Å²) in [4.78, 5) is 48.9. The Labute approximate surface area is 292 Å². The van der Waals surface area contributed by atoms with Crippen LogP contribution >= 0.6 is 0 Å². The first-order valence-corrected chi connectivity index (χ1v) is 14.4. The topological polar surface area (TPSA) is 205 Å². The summed E-state index contributed by atoms with van der Waals surface area (Å²) in [7, 11) is 3.90. The number of nitro benzene ring substituents is 2. The van der Waals surface area contributed by atoms with Crippen molar-refractivity contribution in [3.63, 3.8) is 0 Å². The molecule has 0 heterocycles. The molecule has 13 heteroatoms. The van der Waals surface area contributed by atoms with Gasteiger partial charge in [0.05, 0.1) is 24.1 Å². The normalized spacial score (nSPS) is 8.06. The van der Waals surface area contributed by atoms with E-state index in [1.54, 1.807) is 64.3 Å². The molecule has 0 atom stereocenters. The van der Waals surface area contributed by atoms with Crippen molar-refractivity contribution >= 4 is 34.4 Å². The van der Waals surface area contributed by atoms with E-state index in [2.05, 4.69) is 0 Å². The molecule has 0 unspecified atom stereocenters. The summed E-state index contributed by atoms with van der Waals surface area (Å²) in [6, 6.07) is 19.6. The molecule has 0 bridgehead atoms. The van der Waals surface area contributed by atoms with Gasteiger partial charge in [0.15, 0.2) is 0 Å². The first kappa shape index (κ1) is 56.2. The van der Waals surface area contributed by atoms with Crippen LogP contribution in [-0.2, 0) is 14.4 Å². The number of methoxy groups -OCH3 is 2. The summed E-state index contributed by atoms with van der Waals surface area (Å²) in [6.07, 6.45) is 2.00. The van der Waals surface area contributed by atoms with Crippen LogP contribution in [-0.4, -0.2) is 48.5 Å². The summed E-state index contributed by atoms with van der Waals surface area (Å²) in [5.41, 5.74) is 7.44. The fourth-order valence-corrected chi connectivity index (χ4v) is 1.97. The number of nitro groups is 2. The van der Waals surface area contributed by atoms with E-state index in [1.165, 1.54) is 31.4 Å². The van der Waals surface area contributed by atoms with Crippen LogP contribution in [0.4, 0.5) is 17.1 Å². The van der Waals surface area contributed by atoms with E-state index >= 15 is 0 Å². The lowest BCUT2D eigenvalue weighted by Crippen LogP contribution is -1.87. The zero-order chi connectivity index (χ0) is 37.4. The van der Waals surface area contributed by atoms with Crippen molar-refractivity contribution in [2.24, 2.45) is 0 Å². The molecule has 0 radical (unpaired) electrons. The number of hydrogen-bond donors (Lipinski definition) is 1. The molecule has 0 aliphatic carbocycles. The number of hydrogen-bond acceptors (Lipinski definition) is 11. The second-order valence-electron chi connectivity index (χ2n) is 8.99. The van der Waals surface area contributed by atoms with Crippen LogP contribution in [0.1, 0.15) is 81.2 Å². The fraction of sp³-hybridized carbons (Fsp3) is 0.417. The van der Waals surface area contributed by atoms with Gasteiger partial charge < -0.3 is 34.7 Å². The van der Waals surface area contributed by atoms with Crippen molar-refractivity contribution in [1.82, 2.24) is 0 Å². The highest BCUT2D eigenvalue weighted by Gasteiger charge is 2.03. The highest BCUT2D eigenvalue weighted by atomic mass is 16.6. The minimum atomic E-state index is -0.445. The Morgan fingerprint density at radius 2 is 0.816 bits per heavy atom. The van der Waals surface area contributed by atoms with Gasteiger partial charge in [-0.05, 0) is 64.1 Å². The SMILES string of the molecule is C.C.CCC(C)=O.CCC(C)=O.CCC(C)=O.COc1ccc(N)cc1.COc1ccc([N+](=O)[O-])cc1.C[O-].Cc1ccc([N+](=O)[O-])cc1. The van der Waals surface area contributed by atoms with Crippen LogP contribution in [0.3, 0.4) is 0 Å². The van der Waals surface area contributed by atoms with Gasteiger partial charge in [0, 0.05) is 49.2 Å². The summed E-state index contributed by atoms with van der Waals surface area (Å²) in [6.45, 7) is 12.2. The molecule has 0 saturated heterocycles. The number of nitrogens with zero attached hydrogens (tertiary/aromatic N) is 2. The molecule has 3 aromatic carbocycles. The molecule has 278 valence electrons. The maximum absolute atomic E-state index is 10.2. The molecule has 0 saturated carbocycles. The fourth-order valence-electron chi connectivity index (χ4n) is 1.97. The third kappa shape index (κ3) is 38.9. The minimum Gasteiger partial charge on any atom is -0.857 e. The number of non-ortho nitro benzene ring substituents is 2. The Morgan fingerprint density at radius 1 is 0.592 bits per heavy atom. The first-order valence-electron chi connectivity index (χ1n) is 14.4. The molecular weight excluding hydrogens is 634 g/mol. The Hall–Kier alpha value is -5.17. The van der Waals surface area contributed by atoms with E-state index in [1.807, 2.05) is 39.8 Å². The number of benzene rings is 3. The number of nitrogen functional groups attached to an aromatic ring is 1. The highest BCUT2D eigenvalue weighted by molar-refractivity contribution is 5.75. The third-order valence-electron chi connectivity index (χ3n) is 5.14. The van der Waals surface area contributed by atoms with Crippen molar-refractivity contribution in [3.8, 4) is 11.5 Å². The summed E-state index contributed by atoms with van der Waals surface area (Å²) in [5.74, 6) is 2.22. The smallest absolute Gasteiger partial charge is 0.269 e. The van der Waals surface area contributed by atoms with E-state index in [4.69, 9.17) is 20.3 Å². The van der Waals surface area contributed by atoms with E-state index in [0.29, 0.717) is 25.0 Å². The van der Waals surface area contributed by atoms with E-state index in [0.717, 1.165) is 24.1 Å². The van der Waals surface area contributed by atoms with Crippen LogP contribution in [0.15, 0.2) is 72.8 Å². The number of carbonyl (C=O) groups excluding carboxylic acids is 3. The van der Waals surface area contributed by atoms with Crippen LogP contribution in [0.5, 0.6) is 11.5 Å². The zero-order valence-corrected chi connectivity index (χ0v) is 29.1. The van der Waals surface area contributed by atoms with Crippen LogP contribution in [0.2, 0.25) is 0 Å². The lowest BCUT2D eigenvalue weighted by atomic mass is 10.2. The predicted molar refractivity (Wildman–Crippen MR) is 197 cm³/mol. The average molecular weight is 693 g/mol. The van der Waals surface area contributed by atoms with E-state index < -0.39 is 9.85 Å². The molecule has 0 amide bonds. The van der Waals surface area contributed by atoms with Gasteiger partial charge in [-0.15, -0.1) is 0 Å². The second-order valence-corrected chi connectivity index (χ2v) is 8.99. The number of anilines is 1. The van der Waals surface area contributed by atoms with Gasteiger partial charge >= 0.3 is 0 Å². The molecule has 49 heavy (non-hydrogen) atoms. The van der Waals surface area contributed by atoms with Gasteiger partial charge in [-0.25, -0.2) is 0 Å². The average Bonchev–Trinajstić information content (AvgIpc) is 3.07. The number of ether oxygens (including phenoxy) is 2. The van der Waals surface area contributed by atoms with Crippen molar-refractivity contribution in [1.29, 1.82) is 0 Å². The maximum Gasteiger partial charge on any atom is 0.269 e. The molecule has 0 aliphatic heterocycles. The van der Waals surface area contributed by atoms with Gasteiger partial charge in [0.1, 0.15) is 28.8 Å². The van der Waals surface area contributed by atoms with Crippen molar-refractivity contribution in [2.45, 2.75) is 82.6 Å². The summed E-state index contributed by atoms with van der Waals surface area (Å²) >= 11 is 0. The Morgan fingerprint density at radius 3 is 1.02 bits per heavy atom. The Balaban J connectivity index is -0.000000114. The Kier molecular flexibility index (Phi) is 42.8. The molecule has 0 aromatic heterocycles. The zero-order valence-electron chi connectivity index (χ0n) is 29.1. The van der Waals surface area contributed by atoms with Crippen molar-refractivity contribution < 1.29 is 38.8 Å². The number of Topliss-reactive ketones (excluding diaryl/α,β-unsaturated/α-hetero) is 3. The largest absolute Gasteiger partial charge is 0.857 e.